The van der Waals surface area contributed by atoms with Gasteiger partial charge in [0.1, 0.15) is 11.5 Å². The van der Waals surface area contributed by atoms with Crippen molar-refractivity contribution in [1.82, 2.24) is 0 Å². The second kappa shape index (κ2) is 17.6. The van der Waals surface area contributed by atoms with Gasteiger partial charge in [-0.05, 0) is 60.1 Å². The van der Waals surface area contributed by atoms with Crippen LogP contribution in [0, 0.1) is 0 Å². The van der Waals surface area contributed by atoms with E-state index in [9.17, 15) is 14.0 Å². The van der Waals surface area contributed by atoms with Crippen LogP contribution in [0.4, 0.5) is 4.39 Å². The predicted octanol–water partition coefficient (Wildman–Crippen LogP) is 6.68. The van der Waals surface area contributed by atoms with Gasteiger partial charge < -0.3 is 14.2 Å². The van der Waals surface area contributed by atoms with Crippen LogP contribution in [0.3, 0.4) is 0 Å². The Kier molecular flexibility index (Phi) is 15.6. The van der Waals surface area contributed by atoms with Crippen LogP contribution >= 0.6 is 0 Å². The van der Waals surface area contributed by atoms with Crippen LogP contribution in [0.1, 0.15) is 25.7 Å². The molecule has 0 aliphatic heterocycles. The first-order valence-electron chi connectivity index (χ1n) is 10.5. The third-order valence-corrected chi connectivity index (χ3v) is 4.23. The Hall–Kier alpha value is -3.93. The van der Waals surface area contributed by atoms with Gasteiger partial charge in [-0.15, -0.1) is 0 Å². The molecule has 0 saturated carbocycles. The fourth-order valence-corrected chi connectivity index (χ4v) is 2.17. The summed E-state index contributed by atoms with van der Waals surface area (Å²) in [5, 5.41) is 0. The van der Waals surface area contributed by atoms with E-state index in [1.807, 2.05) is 0 Å². The van der Waals surface area contributed by atoms with Crippen molar-refractivity contribution in [1.29, 1.82) is 0 Å². The second-order valence-electron chi connectivity index (χ2n) is 7.05. The van der Waals surface area contributed by atoms with Gasteiger partial charge in [0.25, 0.3) is 6.47 Å². The van der Waals surface area contributed by atoms with Crippen molar-refractivity contribution in [2.45, 2.75) is 25.7 Å². The Balaban J connectivity index is 4.21. The van der Waals surface area contributed by atoms with Crippen molar-refractivity contribution in [3.05, 3.63) is 122 Å². The highest BCUT2D eigenvalue weighted by molar-refractivity contribution is 5.85. The molecule has 0 N–H and O–H groups in total. The quantitative estimate of drug-likeness (QED) is 0.0528. The van der Waals surface area contributed by atoms with Crippen molar-refractivity contribution in [2.75, 3.05) is 13.2 Å². The molecule has 0 atom stereocenters. The lowest BCUT2D eigenvalue weighted by atomic mass is 10.0. The van der Waals surface area contributed by atoms with Crippen molar-refractivity contribution >= 4 is 12.4 Å². The first kappa shape index (κ1) is 30.1. The summed E-state index contributed by atoms with van der Waals surface area (Å²) in [4.78, 5) is 21.1. The van der Waals surface area contributed by atoms with Gasteiger partial charge in [0.05, 0.1) is 13.2 Å². The average molecular weight is 469 g/mol. The average Bonchev–Trinajstić information content (AvgIpc) is 2.80. The minimum Gasteiger partial charge on any atom is -0.494 e. The van der Waals surface area contributed by atoms with E-state index in [2.05, 4.69) is 55.5 Å². The Morgan fingerprint density at radius 3 is 1.47 bits per heavy atom. The highest BCUT2D eigenvalue weighted by Crippen LogP contribution is 2.15. The number of esters is 1. The van der Waals surface area contributed by atoms with Crippen LogP contribution in [0.25, 0.3) is 0 Å². The van der Waals surface area contributed by atoms with Gasteiger partial charge in [-0.2, -0.15) is 4.39 Å². The monoisotopic (exact) mass is 468 g/mol. The minimum absolute atomic E-state index is 0.169. The lowest BCUT2D eigenvalue weighted by Crippen LogP contribution is -2.05. The summed E-state index contributed by atoms with van der Waals surface area (Å²) in [7, 11) is 0. The maximum atomic E-state index is 12.4. The zero-order valence-corrected chi connectivity index (χ0v) is 19.7. The van der Waals surface area contributed by atoms with E-state index in [1.54, 1.807) is 30.4 Å². The van der Waals surface area contributed by atoms with E-state index in [0.717, 1.165) is 19.3 Å². The molecule has 0 amide bonds. The van der Waals surface area contributed by atoms with Crippen molar-refractivity contribution < 1.29 is 28.2 Å². The highest BCUT2D eigenvalue weighted by atomic mass is 19.1. The normalized spacial score (nSPS) is 10.7. The molecule has 0 bridgehead atoms. The summed E-state index contributed by atoms with van der Waals surface area (Å²) in [6.07, 6.45) is 13.3. The van der Waals surface area contributed by atoms with Crippen molar-refractivity contribution in [3.63, 3.8) is 0 Å². The third kappa shape index (κ3) is 15.0. The minimum atomic E-state index is -1.09. The molecule has 34 heavy (non-hydrogen) atoms. The number of carbonyl (C=O) groups is 2. The first-order valence-corrected chi connectivity index (χ1v) is 10.5. The molecule has 0 aromatic heterocycles. The molecular formula is C28H33FO5. The smallest absolute Gasteiger partial charge is 0.366 e. The molecule has 0 fully saturated rings. The number of allylic oxidation sites excluding steroid dienone is 10. The number of halogens is 1. The second-order valence-corrected chi connectivity index (χ2v) is 7.05. The molecule has 5 nitrogen and oxygen atoms in total. The van der Waals surface area contributed by atoms with Crippen LogP contribution in [-0.4, -0.2) is 25.7 Å². The van der Waals surface area contributed by atoms with Crippen LogP contribution in [0.15, 0.2) is 122 Å². The number of unbranched alkanes of at least 4 members (excludes halogenated alkanes) is 3. The number of hydrogen-bond donors (Lipinski definition) is 0. The molecule has 0 radical (unpaired) electrons. The first-order chi connectivity index (χ1) is 16.1. The zero-order chi connectivity index (χ0) is 25.9. The Morgan fingerprint density at radius 2 is 1.03 bits per heavy atom. The summed E-state index contributed by atoms with van der Waals surface area (Å²) in [6.45, 7) is 27.0. The van der Waals surface area contributed by atoms with E-state index in [0.29, 0.717) is 47.6 Å². The van der Waals surface area contributed by atoms with E-state index in [1.165, 1.54) is 6.08 Å². The zero-order valence-electron chi connectivity index (χ0n) is 19.7. The Morgan fingerprint density at radius 1 is 0.618 bits per heavy atom. The van der Waals surface area contributed by atoms with Crippen LogP contribution < -0.4 is 0 Å². The number of hydrogen-bond acceptors (Lipinski definition) is 5. The molecule has 182 valence electrons. The largest absolute Gasteiger partial charge is 0.494 e. The molecule has 0 unspecified atom stereocenters. The van der Waals surface area contributed by atoms with Crippen LogP contribution in [0.2, 0.25) is 0 Å². The molecule has 0 aliphatic carbocycles. The van der Waals surface area contributed by atoms with Gasteiger partial charge in [-0.1, -0.05) is 70.4 Å². The molecule has 0 aliphatic rings. The van der Waals surface area contributed by atoms with Crippen molar-refractivity contribution in [2.24, 2.45) is 0 Å². The molecule has 0 heterocycles. The van der Waals surface area contributed by atoms with E-state index >= 15 is 0 Å². The fraction of sp³-hybridized carbons (Fsp3) is 0.214. The standard InChI is InChI=1S/C28H33FO5/c1-21(12-13-22(2)24(4)15-17-26(6)34-20-30)23(3)14-16-25(5)32-18-10-8-9-11-19-33-28(31)27(7)29/h12-17,20H,1-11,18-19H2/b13-12-,16-14-,17-15-. The molecule has 0 rings (SSSR count). The molecule has 0 aromatic rings. The summed E-state index contributed by atoms with van der Waals surface area (Å²) in [6, 6.07) is 0. The van der Waals surface area contributed by atoms with E-state index in [4.69, 9.17) is 4.74 Å². The Bertz CT molecular complexity index is 915. The van der Waals surface area contributed by atoms with E-state index in [-0.39, 0.29) is 12.4 Å². The summed E-state index contributed by atoms with van der Waals surface area (Å²) in [5.41, 5.74) is 2.61. The lowest BCUT2D eigenvalue weighted by molar-refractivity contribution is -0.140. The summed E-state index contributed by atoms with van der Waals surface area (Å²) in [5.74, 6) is -1.41. The van der Waals surface area contributed by atoms with Gasteiger partial charge >= 0.3 is 5.97 Å². The number of carbonyl (C=O) groups excluding carboxylic acids is 2. The van der Waals surface area contributed by atoms with Crippen LogP contribution in [0.5, 0.6) is 0 Å². The predicted molar refractivity (Wildman–Crippen MR) is 135 cm³/mol. The number of rotatable bonds is 19. The summed E-state index contributed by atoms with van der Waals surface area (Å²) < 4.78 is 27.2. The highest BCUT2D eigenvalue weighted by Gasteiger charge is 2.05. The maximum Gasteiger partial charge on any atom is 0.366 e. The summed E-state index contributed by atoms with van der Waals surface area (Å²) >= 11 is 0. The van der Waals surface area contributed by atoms with Gasteiger partial charge in [-0.3, -0.25) is 4.79 Å². The topological polar surface area (TPSA) is 61.8 Å². The fourth-order valence-electron chi connectivity index (χ4n) is 2.17. The lowest BCUT2D eigenvalue weighted by Gasteiger charge is -2.06. The van der Waals surface area contributed by atoms with Crippen molar-refractivity contribution in [3.8, 4) is 0 Å². The third-order valence-electron chi connectivity index (χ3n) is 4.23. The van der Waals surface area contributed by atoms with Gasteiger partial charge in [0.2, 0.25) is 5.83 Å². The molecular weight excluding hydrogens is 435 g/mol. The SMILES string of the molecule is C=C(/C=C\C(=C)C(=C)/C=C\C(=C)C(=C)/C=C\C(=C)OCCCCCCOC(=O)C(=C)F)OC=O. The molecule has 0 aromatic carbocycles. The Labute approximate surface area is 202 Å². The van der Waals surface area contributed by atoms with Gasteiger partial charge in [-0.25, -0.2) is 4.79 Å². The molecule has 0 spiro atoms. The van der Waals surface area contributed by atoms with Crippen LogP contribution in [-0.2, 0) is 23.8 Å². The number of ether oxygens (including phenoxy) is 3. The maximum absolute atomic E-state index is 12.4. The van der Waals surface area contributed by atoms with E-state index < -0.39 is 11.8 Å². The van der Waals surface area contributed by atoms with Gasteiger partial charge in [0.15, 0.2) is 0 Å². The van der Waals surface area contributed by atoms with Gasteiger partial charge in [0, 0.05) is 0 Å². The molecule has 0 saturated heterocycles. The molecule has 6 heteroatoms.